The molecule has 0 radical (unpaired) electrons. The van der Waals surface area contributed by atoms with Crippen LogP contribution in [0.15, 0.2) is 42.9 Å². The fraction of sp³-hybridized carbons (Fsp3) is 0.250. The van der Waals surface area contributed by atoms with Gasteiger partial charge in [0.2, 0.25) is 0 Å². The molecule has 1 fully saturated rings. The van der Waals surface area contributed by atoms with Gasteiger partial charge in [-0.05, 0) is 30.7 Å². The van der Waals surface area contributed by atoms with Crippen molar-refractivity contribution in [2.24, 2.45) is 0 Å². The molecule has 3 aromatic rings. The minimum atomic E-state index is -3.02. The van der Waals surface area contributed by atoms with Crippen molar-refractivity contribution >= 4 is 27.3 Å². The number of hydrogen-bond acceptors (Lipinski definition) is 6. The molecule has 4 rings (SSSR count). The molecule has 150 valence electrons. The van der Waals surface area contributed by atoms with Gasteiger partial charge in [0, 0.05) is 36.6 Å². The Hall–Kier alpha value is -2.58. The van der Waals surface area contributed by atoms with Crippen molar-refractivity contribution in [3.8, 4) is 22.5 Å². The lowest BCUT2D eigenvalue weighted by atomic mass is 10.0. The number of aryl methyl sites for hydroxylation is 1. The Labute approximate surface area is 173 Å². The molecule has 0 N–H and O–H groups in total. The van der Waals surface area contributed by atoms with Crippen molar-refractivity contribution in [3.63, 3.8) is 0 Å². The van der Waals surface area contributed by atoms with Crippen molar-refractivity contribution in [1.82, 2.24) is 15.0 Å². The third-order valence-corrected chi connectivity index (χ3v) is 6.75. The van der Waals surface area contributed by atoms with E-state index < -0.39 is 15.7 Å². The van der Waals surface area contributed by atoms with E-state index in [1.165, 1.54) is 12.3 Å². The second-order valence-corrected chi connectivity index (χ2v) is 9.61. The van der Waals surface area contributed by atoms with Gasteiger partial charge in [0.05, 0.1) is 28.4 Å². The standard InChI is InChI=1S/C20H18ClFN4O2S/c1-13-2-3-15(17(22)10-13)19-20(14-4-5-23-11-16(14)21)25-18(12-24-19)26-6-8-29(27,28)9-7-26/h2-5,10-12H,6-9H2,1H3. The number of anilines is 1. The first-order valence-corrected chi connectivity index (χ1v) is 11.2. The Bertz CT molecular complexity index is 1170. The monoisotopic (exact) mass is 432 g/mol. The summed E-state index contributed by atoms with van der Waals surface area (Å²) in [6.07, 6.45) is 4.62. The van der Waals surface area contributed by atoms with Crippen LogP contribution in [0.25, 0.3) is 22.5 Å². The van der Waals surface area contributed by atoms with Gasteiger partial charge in [0.25, 0.3) is 0 Å². The second-order valence-electron chi connectivity index (χ2n) is 6.90. The number of pyridine rings is 1. The fourth-order valence-electron chi connectivity index (χ4n) is 3.24. The molecule has 0 bridgehead atoms. The van der Waals surface area contributed by atoms with Gasteiger partial charge in [-0.3, -0.25) is 4.98 Å². The number of rotatable bonds is 3. The van der Waals surface area contributed by atoms with Crippen LogP contribution < -0.4 is 4.90 Å². The summed E-state index contributed by atoms with van der Waals surface area (Å²) in [7, 11) is -3.02. The van der Waals surface area contributed by atoms with Gasteiger partial charge in [-0.15, -0.1) is 0 Å². The van der Waals surface area contributed by atoms with Crippen LogP contribution in [0.3, 0.4) is 0 Å². The zero-order valence-electron chi connectivity index (χ0n) is 15.6. The van der Waals surface area contributed by atoms with Crippen molar-refractivity contribution < 1.29 is 12.8 Å². The maximum absolute atomic E-state index is 14.7. The molecule has 0 atom stereocenters. The SMILES string of the molecule is Cc1ccc(-c2ncc(N3CCS(=O)(=O)CC3)nc2-c2ccncc2Cl)c(F)c1. The van der Waals surface area contributed by atoms with Gasteiger partial charge in [0.15, 0.2) is 9.84 Å². The van der Waals surface area contributed by atoms with Gasteiger partial charge in [-0.2, -0.15) is 0 Å². The molecule has 0 aliphatic carbocycles. The number of benzene rings is 1. The number of halogens is 2. The summed E-state index contributed by atoms with van der Waals surface area (Å²) < 4.78 is 38.2. The lowest BCUT2D eigenvalue weighted by Gasteiger charge is -2.28. The molecule has 0 spiro atoms. The van der Waals surface area contributed by atoms with E-state index in [-0.39, 0.29) is 11.5 Å². The highest BCUT2D eigenvalue weighted by Gasteiger charge is 2.25. The highest BCUT2D eigenvalue weighted by Crippen LogP contribution is 2.35. The summed E-state index contributed by atoms with van der Waals surface area (Å²) in [6, 6.07) is 6.62. The molecule has 2 aromatic heterocycles. The number of hydrogen-bond donors (Lipinski definition) is 0. The van der Waals surface area contributed by atoms with Crippen LogP contribution in [0.4, 0.5) is 10.2 Å². The smallest absolute Gasteiger partial charge is 0.153 e. The summed E-state index contributed by atoms with van der Waals surface area (Å²) in [4.78, 5) is 15.1. The first-order chi connectivity index (χ1) is 13.8. The first kappa shape index (κ1) is 19.7. The molecule has 3 heterocycles. The van der Waals surface area contributed by atoms with Gasteiger partial charge in [-0.25, -0.2) is 22.8 Å². The summed E-state index contributed by atoms with van der Waals surface area (Å²) in [6.45, 7) is 2.48. The van der Waals surface area contributed by atoms with E-state index in [9.17, 15) is 12.8 Å². The van der Waals surface area contributed by atoms with Crippen LogP contribution >= 0.6 is 11.6 Å². The lowest BCUT2D eigenvalue weighted by molar-refractivity contribution is 0.586. The van der Waals surface area contributed by atoms with Gasteiger partial charge >= 0.3 is 0 Å². The van der Waals surface area contributed by atoms with E-state index >= 15 is 0 Å². The second kappa shape index (κ2) is 7.68. The van der Waals surface area contributed by atoms with E-state index in [1.54, 1.807) is 30.6 Å². The normalized spacial score (nSPS) is 16.0. The van der Waals surface area contributed by atoms with E-state index in [2.05, 4.69) is 9.97 Å². The van der Waals surface area contributed by atoms with Crippen LogP contribution in [-0.4, -0.2) is 48.0 Å². The molecule has 0 saturated carbocycles. The fourth-order valence-corrected chi connectivity index (χ4v) is 4.65. The van der Waals surface area contributed by atoms with Crippen LogP contribution in [0.2, 0.25) is 5.02 Å². The third-order valence-electron chi connectivity index (χ3n) is 4.84. The largest absolute Gasteiger partial charge is 0.353 e. The maximum Gasteiger partial charge on any atom is 0.153 e. The molecule has 0 amide bonds. The quantitative estimate of drug-likeness (QED) is 0.630. The minimum Gasteiger partial charge on any atom is -0.353 e. The summed E-state index contributed by atoms with van der Waals surface area (Å²) in [5.74, 6) is 0.254. The predicted octanol–water partition coefficient (Wildman–Crippen LogP) is 3.54. The molecule has 1 saturated heterocycles. The van der Waals surface area contributed by atoms with Crippen LogP contribution in [0.5, 0.6) is 0 Å². The highest BCUT2D eigenvalue weighted by atomic mass is 35.5. The summed E-state index contributed by atoms with van der Waals surface area (Å²) >= 11 is 6.34. The van der Waals surface area contributed by atoms with Crippen molar-refractivity contribution in [3.05, 3.63) is 59.3 Å². The Balaban J connectivity index is 1.85. The van der Waals surface area contributed by atoms with E-state index in [4.69, 9.17) is 16.6 Å². The Morgan fingerprint density at radius 3 is 2.52 bits per heavy atom. The molecule has 1 aliphatic heterocycles. The molecular weight excluding hydrogens is 415 g/mol. The average Bonchev–Trinajstić information content (AvgIpc) is 2.68. The van der Waals surface area contributed by atoms with E-state index in [1.807, 2.05) is 11.8 Å². The van der Waals surface area contributed by atoms with E-state index in [0.717, 1.165) is 5.56 Å². The molecule has 1 aromatic carbocycles. The van der Waals surface area contributed by atoms with Crippen molar-refractivity contribution in [2.45, 2.75) is 6.92 Å². The molecular formula is C20H18ClFN4O2S. The number of nitrogens with zero attached hydrogens (tertiary/aromatic N) is 4. The van der Waals surface area contributed by atoms with Gasteiger partial charge in [0.1, 0.15) is 17.3 Å². The zero-order chi connectivity index (χ0) is 20.6. The average molecular weight is 433 g/mol. The molecule has 1 aliphatic rings. The Kier molecular flexibility index (Phi) is 5.23. The molecule has 0 unspecified atom stereocenters. The minimum absolute atomic E-state index is 0.0639. The number of aromatic nitrogens is 3. The van der Waals surface area contributed by atoms with Crippen LogP contribution in [0.1, 0.15) is 5.56 Å². The highest BCUT2D eigenvalue weighted by molar-refractivity contribution is 7.91. The van der Waals surface area contributed by atoms with Crippen molar-refractivity contribution in [2.75, 3.05) is 29.5 Å². The topological polar surface area (TPSA) is 76.1 Å². The Morgan fingerprint density at radius 2 is 1.83 bits per heavy atom. The van der Waals surface area contributed by atoms with E-state index in [0.29, 0.717) is 46.4 Å². The zero-order valence-corrected chi connectivity index (χ0v) is 17.2. The third kappa shape index (κ3) is 4.09. The van der Waals surface area contributed by atoms with Crippen LogP contribution in [0, 0.1) is 12.7 Å². The molecule has 6 nitrogen and oxygen atoms in total. The Morgan fingerprint density at radius 1 is 1.07 bits per heavy atom. The lowest BCUT2D eigenvalue weighted by Crippen LogP contribution is -2.40. The number of sulfone groups is 1. The maximum atomic E-state index is 14.7. The van der Waals surface area contributed by atoms with Crippen molar-refractivity contribution in [1.29, 1.82) is 0 Å². The first-order valence-electron chi connectivity index (χ1n) is 9.03. The predicted molar refractivity (Wildman–Crippen MR) is 111 cm³/mol. The van der Waals surface area contributed by atoms with Crippen LogP contribution in [-0.2, 0) is 9.84 Å². The summed E-state index contributed by atoms with van der Waals surface area (Å²) in [5.41, 5.74) is 2.48. The van der Waals surface area contributed by atoms with Gasteiger partial charge in [-0.1, -0.05) is 17.7 Å². The molecule has 9 heteroatoms. The molecule has 29 heavy (non-hydrogen) atoms. The van der Waals surface area contributed by atoms with Gasteiger partial charge < -0.3 is 4.90 Å². The summed E-state index contributed by atoms with van der Waals surface area (Å²) in [5, 5.41) is 0.369.